The van der Waals surface area contributed by atoms with Crippen LogP contribution in [0, 0.1) is 0 Å². The van der Waals surface area contributed by atoms with Crippen molar-refractivity contribution in [3.8, 4) is 11.5 Å². The van der Waals surface area contributed by atoms with E-state index >= 15 is 0 Å². The summed E-state index contributed by atoms with van der Waals surface area (Å²) in [6.07, 6.45) is 1.52. The van der Waals surface area contributed by atoms with E-state index in [9.17, 15) is 4.79 Å². The largest absolute Gasteiger partial charge is 0.493 e. The van der Waals surface area contributed by atoms with E-state index in [1.165, 1.54) is 22.9 Å². The number of hydrogen-bond donors (Lipinski definition) is 0. The fraction of sp³-hybridized carbons (Fsp3) is 0.348. The molecule has 8 heteroatoms. The van der Waals surface area contributed by atoms with E-state index in [4.69, 9.17) is 9.47 Å². The number of benzene rings is 2. The lowest BCUT2D eigenvalue weighted by atomic mass is 9.99. The van der Waals surface area contributed by atoms with Crippen LogP contribution in [0.5, 0.6) is 11.5 Å². The number of methoxy groups -OCH3 is 2. The lowest BCUT2D eigenvalue weighted by Gasteiger charge is -2.29. The topological polar surface area (TPSA) is 69.5 Å². The maximum atomic E-state index is 12.9. The third kappa shape index (κ3) is 4.69. The Bertz CT molecular complexity index is 1070. The van der Waals surface area contributed by atoms with E-state index in [-0.39, 0.29) is 5.91 Å². The predicted octanol–water partition coefficient (Wildman–Crippen LogP) is 3.10. The van der Waals surface area contributed by atoms with Crippen LogP contribution in [0.3, 0.4) is 0 Å². The molecule has 1 aromatic heterocycles. The summed E-state index contributed by atoms with van der Waals surface area (Å²) in [5.74, 6) is 2.73. The van der Waals surface area contributed by atoms with Gasteiger partial charge in [0.15, 0.2) is 16.7 Å². The molecule has 3 aromatic rings. The summed E-state index contributed by atoms with van der Waals surface area (Å²) in [5.41, 5.74) is 3.49. The fourth-order valence-electron chi connectivity index (χ4n) is 3.72. The zero-order valence-electron chi connectivity index (χ0n) is 18.0. The van der Waals surface area contributed by atoms with Crippen molar-refractivity contribution in [2.24, 2.45) is 7.05 Å². The minimum atomic E-state index is 0.0954. The quantitative estimate of drug-likeness (QED) is 0.528. The van der Waals surface area contributed by atoms with Crippen molar-refractivity contribution < 1.29 is 14.3 Å². The second kappa shape index (κ2) is 9.43. The highest BCUT2D eigenvalue weighted by Crippen LogP contribution is 2.33. The number of rotatable bonds is 7. The van der Waals surface area contributed by atoms with Gasteiger partial charge < -0.3 is 18.9 Å². The SMILES string of the molecule is COc1cc2c(cc1OC)CN(C(=O)CSc1nnc(Cc3ccccc3)n1C)CC2. The van der Waals surface area contributed by atoms with Gasteiger partial charge in [0.05, 0.1) is 20.0 Å². The van der Waals surface area contributed by atoms with Gasteiger partial charge in [-0.15, -0.1) is 10.2 Å². The molecule has 0 saturated heterocycles. The molecular formula is C23H26N4O3S. The molecule has 0 bridgehead atoms. The van der Waals surface area contributed by atoms with Gasteiger partial charge in [-0.2, -0.15) is 0 Å². The summed E-state index contributed by atoms with van der Waals surface area (Å²) >= 11 is 1.43. The number of nitrogens with zero attached hydrogens (tertiary/aromatic N) is 4. The monoisotopic (exact) mass is 438 g/mol. The first-order valence-corrected chi connectivity index (χ1v) is 11.1. The molecule has 0 radical (unpaired) electrons. The average molecular weight is 439 g/mol. The van der Waals surface area contributed by atoms with Crippen LogP contribution in [-0.2, 0) is 31.2 Å². The van der Waals surface area contributed by atoms with Crippen molar-refractivity contribution in [2.75, 3.05) is 26.5 Å². The zero-order valence-corrected chi connectivity index (χ0v) is 18.8. The number of fused-ring (bicyclic) bond motifs is 1. The van der Waals surface area contributed by atoms with Gasteiger partial charge in [0.1, 0.15) is 5.82 Å². The third-order valence-corrected chi connectivity index (χ3v) is 6.53. The van der Waals surface area contributed by atoms with Crippen molar-refractivity contribution in [2.45, 2.75) is 24.5 Å². The van der Waals surface area contributed by atoms with Crippen LogP contribution in [0.25, 0.3) is 0 Å². The van der Waals surface area contributed by atoms with Gasteiger partial charge in [0.2, 0.25) is 5.91 Å². The molecule has 2 heterocycles. The maximum absolute atomic E-state index is 12.9. The Morgan fingerprint density at radius 3 is 2.48 bits per heavy atom. The normalized spacial score (nSPS) is 13.1. The second-order valence-electron chi connectivity index (χ2n) is 7.45. The molecule has 162 valence electrons. The van der Waals surface area contributed by atoms with Gasteiger partial charge in [0.25, 0.3) is 0 Å². The lowest BCUT2D eigenvalue weighted by molar-refractivity contribution is -0.129. The molecule has 2 aromatic carbocycles. The number of carbonyl (C=O) groups excluding carboxylic acids is 1. The first-order valence-electron chi connectivity index (χ1n) is 10.2. The summed E-state index contributed by atoms with van der Waals surface area (Å²) < 4.78 is 12.8. The maximum Gasteiger partial charge on any atom is 0.233 e. The molecule has 1 amide bonds. The minimum Gasteiger partial charge on any atom is -0.493 e. The molecule has 0 aliphatic carbocycles. The Morgan fingerprint density at radius 2 is 1.77 bits per heavy atom. The molecule has 7 nitrogen and oxygen atoms in total. The summed E-state index contributed by atoms with van der Waals surface area (Å²) in [7, 11) is 5.21. The van der Waals surface area contributed by atoms with Crippen LogP contribution in [0.4, 0.5) is 0 Å². The van der Waals surface area contributed by atoms with Gasteiger partial charge in [-0.05, 0) is 35.2 Å². The molecule has 4 rings (SSSR count). The fourth-order valence-corrected chi connectivity index (χ4v) is 4.55. The first-order chi connectivity index (χ1) is 15.1. The summed E-state index contributed by atoms with van der Waals surface area (Å²) in [6.45, 7) is 1.27. The van der Waals surface area contributed by atoms with Crippen LogP contribution in [0.2, 0.25) is 0 Å². The number of amides is 1. The van der Waals surface area contributed by atoms with Crippen LogP contribution in [0.1, 0.15) is 22.5 Å². The van der Waals surface area contributed by atoms with Crippen molar-refractivity contribution in [1.29, 1.82) is 0 Å². The molecule has 0 spiro atoms. The molecule has 0 fully saturated rings. The highest BCUT2D eigenvalue weighted by molar-refractivity contribution is 7.99. The van der Waals surface area contributed by atoms with E-state index in [1.54, 1.807) is 14.2 Å². The molecule has 1 aliphatic heterocycles. The van der Waals surface area contributed by atoms with Crippen LogP contribution in [-0.4, -0.2) is 52.1 Å². The standard InChI is InChI=1S/C23H26N4O3S/c1-26-21(11-16-7-5-4-6-8-16)24-25-23(26)31-15-22(28)27-10-9-17-12-19(29-2)20(30-3)13-18(17)14-27/h4-8,12-13H,9-11,14-15H2,1-3H3. The van der Waals surface area contributed by atoms with Crippen LogP contribution < -0.4 is 9.47 Å². The summed E-state index contributed by atoms with van der Waals surface area (Å²) in [6, 6.07) is 14.2. The van der Waals surface area contributed by atoms with E-state index in [0.29, 0.717) is 31.0 Å². The molecule has 31 heavy (non-hydrogen) atoms. The van der Waals surface area contributed by atoms with Gasteiger partial charge in [-0.25, -0.2) is 0 Å². The Balaban J connectivity index is 1.38. The van der Waals surface area contributed by atoms with Crippen molar-refractivity contribution in [1.82, 2.24) is 19.7 Å². The van der Waals surface area contributed by atoms with Crippen LogP contribution >= 0.6 is 11.8 Å². The van der Waals surface area contributed by atoms with Crippen molar-refractivity contribution in [3.63, 3.8) is 0 Å². The van der Waals surface area contributed by atoms with E-state index in [0.717, 1.165) is 28.7 Å². The summed E-state index contributed by atoms with van der Waals surface area (Å²) in [5, 5.41) is 9.34. The highest BCUT2D eigenvalue weighted by Gasteiger charge is 2.23. The second-order valence-corrected chi connectivity index (χ2v) is 8.39. The van der Waals surface area contributed by atoms with E-state index in [1.807, 2.05) is 46.8 Å². The smallest absolute Gasteiger partial charge is 0.233 e. The van der Waals surface area contributed by atoms with Gasteiger partial charge in [-0.3, -0.25) is 4.79 Å². The summed E-state index contributed by atoms with van der Waals surface area (Å²) in [4.78, 5) is 14.8. The molecule has 0 N–H and O–H groups in total. The molecule has 0 unspecified atom stereocenters. The number of hydrogen-bond acceptors (Lipinski definition) is 6. The van der Waals surface area contributed by atoms with Gasteiger partial charge >= 0.3 is 0 Å². The minimum absolute atomic E-state index is 0.0954. The molecule has 0 saturated carbocycles. The lowest BCUT2D eigenvalue weighted by Crippen LogP contribution is -2.37. The number of carbonyl (C=O) groups is 1. The third-order valence-electron chi connectivity index (χ3n) is 5.53. The average Bonchev–Trinajstić information content (AvgIpc) is 3.15. The highest BCUT2D eigenvalue weighted by atomic mass is 32.2. The molecule has 0 atom stereocenters. The molecular weight excluding hydrogens is 412 g/mol. The van der Waals surface area contributed by atoms with Gasteiger partial charge in [-0.1, -0.05) is 42.1 Å². The molecule has 1 aliphatic rings. The number of aromatic nitrogens is 3. The number of ether oxygens (including phenoxy) is 2. The Hall–Kier alpha value is -3.00. The first kappa shape index (κ1) is 21.2. The van der Waals surface area contributed by atoms with Crippen LogP contribution in [0.15, 0.2) is 47.6 Å². The van der Waals surface area contributed by atoms with Crippen molar-refractivity contribution in [3.05, 3.63) is 65.0 Å². The van der Waals surface area contributed by atoms with Crippen molar-refractivity contribution >= 4 is 17.7 Å². The van der Waals surface area contributed by atoms with Gasteiger partial charge in [0, 0.05) is 26.6 Å². The van der Waals surface area contributed by atoms with E-state index < -0.39 is 0 Å². The Labute approximate surface area is 186 Å². The Kier molecular flexibility index (Phi) is 6.46. The number of thioether (sulfide) groups is 1. The zero-order chi connectivity index (χ0) is 21.8. The van der Waals surface area contributed by atoms with E-state index in [2.05, 4.69) is 22.3 Å². The Morgan fingerprint density at radius 1 is 1.06 bits per heavy atom. The predicted molar refractivity (Wildman–Crippen MR) is 120 cm³/mol.